The maximum Gasteiger partial charge on any atom is 0.0726 e. The molecule has 0 atom stereocenters. The van der Waals surface area contributed by atoms with Gasteiger partial charge in [-0.25, -0.2) is 0 Å². The molecule has 0 radical (unpaired) electrons. The number of fused-ring (bicyclic) bond motifs is 12. The zero-order chi connectivity index (χ0) is 45.7. The Labute approximate surface area is 415 Å². The van der Waals surface area contributed by atoms with Crippen molar-refractivity contribution in [2.24, 2.45) is 0 Å². The third-order valence-electron chi connectivity index (χ3n) is 13.8. The van der Waals surface area contributed by atoms with Crippen LogP contribution in [0.4, 0.5) is 0 Å². The molecule has 0 aliphatic heterocycles. The van der Waals surface area contributed by atoms with Crippen LogP contribution in [0.3, 0.4) is 0 Å². The highest BCUT2D eigenvalue weighted by atomic mass is 32.7. The average molecular weight is 951 g/mol. The second kappa shape index (κ2) is 18.0. The minimum atomic E-state index is -0.621. The van der Waals surface area contributed by atoms with E-state index in [1.165, 1.54) is 109 Å². The van der Waals surface area contributed by atoms with Crippen molar-refractivity contribution in [1.29, 1.82) is 0 Å². The third-order valence-corrected chi connectivity index (χ3v) is 23.1. The van der Waals surface area contributed by atoms with Gasteiger partial charge >= 0.3 is 0 Å². The monoisotopic (exact) mass is 950 g/mol. The van der Waals surface area contributed by atoms with E-state index in [1.807, 2.05) is 22.8 Å². The lowest BCUT2D eigenvalue weighted by Gasteiger charge is -2.31. The van der Waals surface area contributed by atoms with Crippen molar-refractivity contribution in [2.45, 2.75) is 15.2 Å². The molecule has 0 saturated heterocycles. The molecule has 4 heteroatoms. The molecule has 0 unspecified atom stereocenters. The Bertz CT molecular complexity index is 3400. The number of hydrogen-bond acceptors (Lipinski definition) is 2. The van der Waals surface area contributed by atoms with E-state index in [0.717, 1.165) is 0 Å². The number of benzene rings is 11. The molecule has 0 N–H and O–H groups in total. The largest absolute Gasteiger partial charge is 0.0888 e. The average Bonchev–Trinajstić information content (AvgIpc) is 3.90. The van der Waals surface area contributed by atoms with E-state index in [2.05, 4.69) is 267 Å². The Morgan fingerprint density at radius 1 is 0.275 bits per heavy atom. The Kier molecular flexibility index (Phi) is 11.0. The minimum absolute atomic E-state index is 0.499. The molecule has 0 amide bonds. The van der Waals surface area contributed by atoms with Crippen LogP contribution >= 0.6 is 37.0 Å². The van der Waals surface area contributed by atoms with E-state index < -0.39 is 19.7 Å². The lowest BCUT2D eigenvalue weighted by molar-refractivity contribution is 0.795. The van der Waals surface area contributed by atoms with Crippen molar-refractivity contribution in [2.75, 3.05) is 0 Å². The highest BCUT2D eigenvalue weighted by Crippen LogP contribution is 2.64. The summed E-state index contributed by atoms with van der Waals surface area (Å²) in [6, 6.07) is 99.9. The first-order valence-corrected chi connectivity index (χ1v) is 29.0. The predicted octanol–water partition coefficient (Wildman–Crippen LogP) is 16.8. The van der Waals surface area contributed by atoms with Crippen LogP contribution in [-0.2, 0) is 5.41 Å². The zero-order valence-electron chi connectivity index (χ0n) is 37.6. The predicted molar refractivity (Wildman–Crippen MR) is 301 cm³/mol. The Balaban J connectivity index is 0.911. The van der Waals surface area contributed by atoms with Crippen LogP contribution in [0.25, 0.3) is 55.3 Å². The molecule has 11 aromatic carbocycles. The lowest BCUT2D eigenvalue weighted by Crippen LogP contribution is -2.26. The zero-order valence-corrected chi connectivity index (χ0v) is 41.0. The summed E-state index contributed by atoms with van der Waals surface area (Å²) in [7, 11) is -1.24. The van der Waals surface area contributed by atoms with E-state index in [-0.39, 0.29) is 0 Å². The second-order valence-corrected chi connectivity index (χ2v) is 25.5. The first-order valence-electron chi connectivity index (χ1n) is 23.5. The van der Waals surface area contributed by atoms with Gasteiger partial charge in [-0.1, -0.05) is 253 Å². The number of hydrogen-bond donors (Lipinski definition) is 0. The molecular weight excluding hydrogens is 907 g/mol. The first kappa shape index (κ1) is 42.4. The fourth-order valence-corrected chi connectivity index (χ4v) is 19.1. The maximum absolute atomic E-state index is 2.52. The molecule has 0 bridgehead atoms. The van der Waals surface area contributed by atoms with Crippen LogP contribution in [0.2, 0.25) is 0 Å². The van der Waals surface area contributed by atoms with Crippen molar-refractivity contribution < 1.29 is 0 Å². The highest BCUT2D eigenvalue weighted by Gasteiger charge is 2.52. The molecule has 11 aromatic rings. The smallest absolute Gasteiger partial charge is 0.0726 e. The van der Waals surface area contributed by atoms with E-state index in [0.29, 0.717) is 0 Å². The molecule has 1 spiro atoms. The van der Waals surface area contributed by atoms with Gasteiger partial charge in [0.2, 0.25) is 0 Å². The fourth-order valence-electron chi connectivity index (χ4n) is 10.7. The molecule has 0 aromatic heterocycles. The van der Waals surface area contributed by atoms with Gasteiger partial charge in [0.25, 0.3) is 0 Å². The van der Waals surface area contributed by atoms with Gasteiger partial charge in [-0.15, -0.1) is 0 Å². The van der Waals surface area contributed by atoms with Crippen molar-refractivity contribution in [1.82, 2.24) is 0 Å². The summed E-state index contributed by atoms with van der Waals surface area (Å²) in [5.74, 6) is 0. The molecule has 0 fully saturated rings. The maximum atomic E-state index is 2.52. The topological polar surface area (TPSA) is 0 Å². The van der Waals surface area contributed by atoms with Gasteiger partial charge in [0.05, 0.1) is 5.41 Å². The Morgan fingerprint density at radius 2 is 0.681 bits per heavy atom. The number of rotatable bonds is 10. The van der Waals surface area contributed by atoms with E-state index in [9.17, 15) is 0 Å². The highest BCUT2D eigenvalue weighted by molar-refractivity contribution is 8.60. The molecule has 0 nitrogen and oxygen atoms in total. The van der Waals surface area contributed by atoms with Crippen LogP contribution in [0.1, 0.15) is 22.3 Å². The molecule has 0 heterocycles. The quantitative estimate of drug-likeness (QED) is 0.125. The summed E-state index contributed by atoms with van der Waals surface area (Å²) in [4.78, 5) is 2.56. The molecule has 13 rings (SSSR count). The second-order valence-electron chi connectivity index (χ2n) is 17.7. The first-order chi connectivity index (χ1) is 34.2. The van der Waals surface area contributed by atoms with Crippen LogP contribution in [0.15, 0.2) is 277 Å². The summed E-state index contributed by atoms with van der Waals surface area (Å²) in [6.07, 6.45) is 0. The molecule has 326 valence electrons. The molecule has 69 heavy (non-hydrogen) atoms. The molecular formula is C65H44P2S2. The fraction of sp³-hybridized carbons (Fsp3) is 0.0154. The van der Waals surface area contributed by atoms with E-state index in [1.54, 1.807) is 0 Å². The SMILES string of the molecule is c1ccc(P(Sc2ccc(-c3ccc4c(c3)C3(c5cc(-c6ccc(SP(c7ccccc7)c7ccccc7)cc6)ccc5-4)c4ccccc4-c4c3ccc3ccccc43)cc2)c2ccccc2)cc1. The van der Waals surface area contributed by atoms with Crippen molar-refractivity contribution in [3.8, 4) is 44.5 Å². The van der Waals surface area contributed by atoms with Crippen molar-refractivity contribution in [3.05, 3.63) is 289 Å². The molecule has 0 saturated carbocycles. The van der Waals surface area contributed by atoms with Gasteiger partial charge in [0.15, 0.2) is 0 Å². The summed E-state index contributed by atoms with van der Waals surface area (Å²) in [6.45, 7) is 0. The van der Waals surface area contributed by atoms with Crippen molar-refractivity contribution >= 4 is 69.0 Å². The van der Waals surface area contributed by atoms with Gasteiger partial charge in [0, 0.05) is 24.0 Å². The third kappa shape index (κ3) is 7.42. The summed E-state index contributed by atoms with van der Waals surface area (Å²) >= 11 is 3.95. The van der Waals surface area contributed by atoms with Gasteiger partial charge in [-0.3, -0.25) is 0 Å². The van der Waals surface area contributed by atoms with Crippen LogP contribution in [0.5, 0.6) is 0 Å². The van der Waals surface area contributed by atoms with E-state index >= 15 is 0 Å². The van der Waals surface area contributed by atoms with E-state index in [4.69, 9.17) is 0 Å². The van der Waals surface area contributed by atoms with Gasteiger partial charge in [-0.2, -0.15) is 0 Å². The standard InChI is InChI=1S/C65H44P2S2/c1-5-18-50(19-6-1)66(51-20-7-2-8-21-51)68-54-36-29-45(30-37-54)48-33-40-57-58-41-34-49(46-31-38-55(39-32-46)69-67(52-22-9-3-10-23-52)53-24-11-4-12-25-53)44-63(58)65(62(57)43-48)60-28-16-15-27-59(60)64-56-26-14-13-17-47(56)35-42-61(64)65/h1-44H. The van der Waals surface area contributed by atoms with Crippen LogP contribution in [0, 0.1) is 0 Å². The Hall–Kier alpha value is -6.76. The van der Waals surface area contributed by atoms with Crippen LogP contribution < -0.4 is 21.2 Å². The summed E-state index contributed by atoms with van der Waals surface area (Å²) < 4.78 is 0. The molecule has 2 aliphatic carbocycles. The normalized spacial score (nSPS) is 12.8. The van der Waals surface area contributed by atoms with Gasteiger partial charge < -0.3 is 0 Å². The van der Waals surface area contributed by atoms with Crippen molar-refractivity contribution in [3.63, 3.8) is 0 Å². The molecule has 2 aliphatic rings. The lowest BCUT2D eigenvalue weighted by atomic mass is 9.69. The van der Waals surface area contributed by atoms with Crippen LogP contribution in [-0.4, -0.2) is 0 Å². The van der Waals surface area contributed by atoms with Gasteiger partial charge in [-0.05, 0) is 135 Å². The Morgan fingerprint density at radius 3 is 1.16 bits per heavy atom. The minimum Gasteiger partial charge on any atom is -0.0888 e. The van der Waals surface area contributed by atoms with Gasteiger partial charge in [0.1, 0.15) is 0 Å². The summed E-state index contributed by atoms with van der Waals surface area (Å²) in [5, 5.41) is 8.06. The summed E-state index contributed by atoms with van der Waals surface area (Å²) in [5.41, 5.74) is 15.1.